The molecule has 0 fully saturated rings. The smallest absolute Gasteiger partial charge is 0.234 e. The summed E-state index contributed by atoms with van der Waals surface area (Å²) in [4.78, 5) is 14.0. The van der Waals surface area contributed by atoms with E-state index < -0.39 is 0 Å². The van der Waals surface area contributed by atoms with Gasteiger partial charge < -0.3 is 10.6 Å². The van der Waals surface area contributed by atoms with Crippen LogP contribution in [0.3, 0.4) is 0 Å². The summed E-state index contributed by atoms with van der Waals surface area (Å²) in [6.07, 6.45) is 0.961. The summed E-state index contributed by atoms with van der Waals surface area (Å²) in [6.45, 7) is 7.38. The molecule has 0 saturated carbocycles. The van der Waals surface area contributed by atoms with Crippen molar-refractivity contribution in [2.24, 2.45) is 0 Å². The number of carbonyl (C=O) groups is 1. The van der Waals surface area contributed by atoms with Gasteiger partial charge in [0.15, 0.2) is 0 Å². The fourth-order valence-corrected chi connectivity index (χ4v) is 2.41. The highest BCUT2D eigenvalue weighted by Gasteiger charge is 2.17. The Kier molecular flexibility index (Phi) is 7.92. The number of likely N-dealkylation sites (N-methyl/N-ethyl adjacent to an activating group) is 2. The Morgan fingerprint density at radius 2 is 1.85 bits per heavy atom. The molecular weight excluding hydrogens is 250 g/mol. The first-order valence-electron chi connectivity index (χ1n) is 7.40. The molecule has 4 nitrogen and oxygen atoms in total. The van der Waals surface area contributed by atoms with E-state index >= 15 is 0 Å². The molecule has 2 N–H and O–H groups in total. The molecule has 0 saturated heterocycles. The van der Waals surface area contributed by atoms with E-state index in [1.165, 1.54) is 5.56 Å². The van der Waals surface area contributed by atoms with Gasteiger partial charge in [0, 0.05) is 12.6 Å². The molecule has 4 heteroatoms. The van der Waals surface area contributed by atoms with Crippen LogP contribution in [0.1, 0.15) is 19.4 Å². The third-order valence-corrected chi connectivity index (χ3v) is 3.52. The molecular formula is C16H27N3O. The second kappa shape index (κ2) is 9.50. The zero-order chi connectivity index (χ0) is 14.8. The number of nitrogens with zero attached hydrogens (tertiary/aromatic N) is 1. The Hall–Kier alpha value is -1.39. The first kappa shape index (κ1) is 16.7. The first-order valence-corrected chi connectivity index (χ1v) is 7.40. The third-order valence-electron chi connectivity index (χ3n) is 3.52. The van der Waals surface area contributed by atoms with E-state index in [1.54, 1.807) is 7.05 Å². The van der Waals surface area contributed by atoms with Gasteiger partial charge in [0.25, 0.3) is 0 Å². The van der Waals surface area contributed by atoms with Crippen LogP contribution in [0.2, 0.25) is 0 Å². The van der Waals surface area contributed by atoms with Crippen LogP contribution in [0.5, 0.6) is 0 Å². The SMILES string of the molecule is CCN(CC)C(CNC(=O)CNC)Cc1ccccc1. The van der Waals surface area contributed by atoms with Crippen LogP contribution >= 0.6 is 0 Å². The molecule has 1 aromatic carbocycles. The average molecular weight is 277 g/mol. The predicted octanol–water partition coefficient (Wildman–Crippen LogP) is 1.28. The van der Waals surface area contributed by atoms with E-state index in [9.17, 15) is 4.79 Å². The number of rotatable bonds is 9. The third kappa shape index (κ3) is 5.72. The van der Waals surface area contributed by atoms with E-state index in [2.05, 4.69) is 53.6 Å². The molecule has 1 atom stereocenters. The van der Waals surface area contributed by atoms with Gasteiger partial charge in [-0.2, -0.15) is 0 Å². The number of hydrogen-bond acceptors (Lipinski definition) is 3. The normalized spacial score (nSPS) is 12.4. The highest BCUT2D eigenvalue weighted by atomic mass is 16.1. The standard InChI is InChI=1S/C16H27N3O/c1-4-19(5-2)15(12-18-16(20)13-17-3)11-14-9-7-6-8-10-14/h6-10,15,17H,4-5,11-13H2,1-3H3,(H,18,20). The van der Waals surface area contributed by atoms with Crippen molar-refractivity contribution in [1.29, 1.82) is 0 Å². The zero-order valence-corrected chi connectivity index (χ0v) is 12.9. The Morgan fingerprint density at radius 3 is 2.40 bits per heavy atom. The van der Waals surface area contributed by atoms with Gasteiger partial charge in [0.2, 0.25) is 5.91 Å². The maximum Gasteiger partial charge on any atom is 0.234 e. The van der Waals surface area contributed by atoms with Gasteiger partial charge in [0.05, 0.1) is 6.54 Å². The van der Waals surface area contributed by atoms with Crippen LogP contribution in [-0.4, -0.2) is 50.1 Å². The van der Waals surface area contributed by atoms with Gasteiger partial charge in [-0.1, -0.05) is 44.2 Å². The van der Waals surface area contributed by atoms with E-state index in [1.807, 2.05) is 6.07 Å². The molecule has 0 spiro atoms. The summed E-state index contributed by atoms with van der Waals surface area (Å²) in [7, 11) is 1.78. The fraction of sp³-hybridized carbons (Fsp3) is 0.562. The molecule has 0 aliphatic rings. The summed E-state index contributed by atoms with van der Waals surface area (Å²) in [5.41, 5.74) is 1.31. The maximum absolute atomic E-state index is 11.6. The number of hydrogen-bond donors (Lipinski definition) is 2. The quantitative estimate of drug-likeness (QED) is 0.714. The molecule has 0 aliphatic carbocycles. The first-order chi connectivity index (χ1) is 9.71. The van der Waals surface area contributed by atoms with E-state index in [4.69, 9.17) is 0 Å². The summed E-state index contributed by atoms with van der Waals surface area (Å²) in [6, 6.07) is 10.8. The largest absolute Gasteiger partial charge is 0.353 e. The zero-order valence-electron chi connectivity index (χ0n) is 12.9. The van der Waals surface area contributed by atoms with Gasteiger partial charge in [-0.3, -0.25) is 9.69 Å². The van der Waals surface area contributed by atoms with Gasteiger partial charge >= 0.3 is 0 Å². The van der Waals surface area contributed by atoms with E-state index in [-0.39, 0.29) is 5.91 Å². The molecule has 0 radical (unpaired) electrons. The second-order valence-electron chi connectivity index (χ2n) is 4.90. The predicted molar refractivity (Wildman–Crippen MR) is 83.8 cm³/mol. The minimum absolute atomic E-state index is 0.0534. The molecule has 112 valence electrons. The van der Waals surface area contributed by atoms with Crippen molar-refractivity contribution in [2.75, 3.05) is 33.2 Å². The number of nitrogens with one attached hydrogen (secondary N) is 2. The molecule has 1 unspecified atom stereocenters. The molecule has 0 aliphatic heterocycles. The van der Waals surface area contributed by atoms with Crippen LogP contribution in [0.4, 0.5) is 0 Å². The topological polar surface area (TPSA) is 44.4 Å². The highest BCUT2D eigenvalue weighted by Crippen LogP contribution is 2.08. The minimum Gasteiger partial charge on any atom is -0.353 e. The molecule has 1 rings (SSSR count). The second-order valence-corrected chi connectivity index (χ2v) is 4.90. The van der Waals surface area contributed by atoms with Crippen LogP contribution in [0.15, 0.2) is 30.3 Å². The lowest BCUT2D eigenvalue weighted by Crippen LogP contribution is -2.46. The van der Waals surface area contributed by atoms with Crippen LogP contribution in [-0.2, 0) is 11.2 Å². The van der Waals surface area contributed by atoms with E-state index in [0.29, 0.717) is 19.1 Å². The Balaban J connectivity index is 2.62. The van der Waals surface area contributed by atoms with Gasteiger partial charge in [-0.15, -0.1) is 0 Å². The Morgan fingerprint density at radius 1 is 1.20 bits per heavy atom. The lowest BCUT2D eigenvalue weighted by molar-refractivity contribution is -0.120. The van der Waals surface area contributed by atoms with Crippen LogP contribution in [0, 0.1) is 0 Å². The van der Waals surface area contributed by atoms with Gasteiger partial charge in [-0.25, -0.2) is 0 Å². The van der Waals surface area contributed by atoms with Gasteiger partial charge in [0.1, 0.15) is 0 Å². The number of benzene rings is 1. The molecule has 1 amide bonds. The lowest BCUT2D eigenvalue weighted by atomic mass is 10.0. The van der Waals surface area contributed by atoms with Crippen molar-refractivity contribution in [3.05, 3.63) is 35.9 Å². The van der Waals surface area contributed by atoms with Crippen LogP contribution < -0.4 is 10.6 Å². The van der Waals surface area contributed by atoms with Crippen LogP contribution in [0.25, 0.3) is 0 Å². The number of carbonyl (C=O) groups excluding carboxylic acids is 1. The lowest BCUT2D eigenvalue weighted by Gasteiger charge is -2.30. The summed E-state index contributed by atoms with van der Waals surface area (Å²) in [5.74, 6) is 0.0534. The van der Waals surface area contributed by atoms with Crippen molar-refractivity contribution < 1.29 is 4.79 Å². The van der Waals surface area contributed by atoms with E-state index in [0.717, 1.165) is 19.5 Å². The van der Waals surface area contributed by atoms with Crippen molar-refractivity contribution in [3.63, 3.8) is 0 Å². The summed E-state index contributed by atoms with van der Waals surface area (Å²) >= 11 is 0. The average Bonchev–Trinajstić information content (AvgIpc) is 2.47. The molecule has 0 heterocycles. The highest BCUT2D eigenvalue weighted by molar-refractivity contribution is 5.77. The van der Waals surface area contributed by atoms with Gasteiger partial charge in [-0.05, 0) is 32.1 Å². The summed E-state index contributed by atoms with van der Waals surface area (Å²) in [5, 5.41) is 5.88. The van der Waals surface area contributed by atoms with Crippen molar-refractivity contribution >= 4 is 5.91 Å². The maximum atomic E-state index is 11.6. The fourth-order valence-electron chi connectivity index (χ4n) is 2.41. The number of amides is 1. The molecule has 0 aromatic heterocycles. The molecule has 0 bridgehead atoms. The minimum atomic E-state index is 0.0534. The molecule has 1 aromatic rings. The van der Waals surface area contributed by atoms with Crippen molar-refractivity contribution in [1.82, 2.24) is 15.5 Å². The summed E-state index contributed by atoms with van der Waals surface area (Å²) < 4.78 is 0. The van der Waals surface area contributed by atoms with Crippen molar-refractivity contribution in [2.45, 2.75) is 26.3 Å². The monoisotopic (exact) mass is 277 g/mol. The Bertz CT molecular complexity index is 377. The molecule has 20 heavy (non-hydrogen) atoms. The van der Waals surface area contributed by atoms with Crippen molar-refractivity contribution in [3.8, 4) is 0 Å². The Labute approximate surface area is 122 Å².